The first-order valence-corrected chi connectivity index (χ1v) is 8.52. The van der Waals surface area contributed by atoms with Gasteiger partial charge in [-0.1, -0.05) is 39.8 Å². The number of benzene rings is 1. The van der Waals surface area contributed by atoms with Crippen LogP contribution in [0.25, 0.3) is 0 Å². The lowest BCUT2D eigenvalue weighted by Crippen LogP contribution is -2.34. The molecule has 1 aromatic carbocycles. The summed E-state index contributed by atoms with van der Waals surface area (Å²) < 4.78 is 26.6. The Labute approximate surface area is 127 Å². The van der Waals surface area contributed by atoms with Crippen LogP contribution < -0.4 is 10.0 Å². The second-order valence-corrected chi connectivity index (χ2v) is 7.64. The van der Waals surface area contributed by atoms with Gasteiger partial charge in [0.2, 0.25) is 15.9 Å². The molecule has 6 heteroatoms. The zero-order chi connectivity index (χ0) is 16.1. The lowest BCUT2D eigenvalue weighted by molar-refractivity contribution is -0.120. The van der Waals surface area contributed by atoms with Gasteiger partial charge in [0.05, 0.1) is 4.90 Å². The second kappa shape index (κ2) is 7.04. The molecule has 0 aliphatic carbocycles. The van der Waals surface area contributed by atoms with E-state index >= 15 is 0 Å². The molecule has 0 atom stereocenters. The van der Waals surface area contributed by atoms with Crippen molar-refractivity contribution in [2.45, 2.75) is 44.4 Å². The number of carbonyl (C=O) groups is 1. The van der Waals surface area contributed by atoms with Crippen molar-refractivity contribution in [1.29, 1.82) is 0 Å². The maximum absolute atomic E-state index is 12.1. The van der Waals surface area contributed by atoms with Gasteiger partial charge in [-0.05, 0) is 23.1 Å². The quantitative estimate of drug-likeness (QED) is 0.786. The summed E-state index contributed by atoms with van der Waals surface area (Å²) in [6, 6.07) is 6.86. The number of hydrogen-bond donors (Lipinski definition) is 2. The van der Waals surface area contributed by atoms with E-state index in [1.165, 1.54) is 0 Å². The minimum atomic E-state index is -3.53. The second-order valence-electron chi connectivity index (χ2n) is 5.88. The molecule has 0 fully saturated rings. The Hall–Kier alpha value is -1.40. The van der Waals surface area contributed by atoms with Gasteiger partial charge in [-0.25, -0.2) is 13.1 Å². The Bertz CT molecular complexity index is 572. The predicted molar refractivity (Wildman–Crippen MR) is 83.6 cm³/mol. The van der Waals surface area contributed by atoms with E-state index in [9.17, 15) is 13.2 Å². The third-order valence-corrected chi connectivity index (χ3v) is 4.57. The molecule has 0 spiro atoms. The van der Waals surface area contributed by atoms with E-state index < -0.39 is 10.0 Å². The van der Waals surface area contributed by atoms with Crippen LogP contribution in [0.3, 0.4) is 0 Å². The molecular weight excluding hydrogens is 288 g/mol. The van der Waals surface area contributed by atoms with Crippen molar-refractivity contribution in [3.05, 3.63) is 29.8 Å². The van der Waals surface area contributed by atoms with E-state index in [-0.39, 0.29) is 29.3 Å². The van der Waals surface area contributed by atoms with Gasteiger partial charge in [-0.3, -0.25) is 4.79 Å². The number of rotatable bonds is 6. The normalized spacial score (nSPS) is 12.2. The van der Waals surface area contributed by atoms with Crippen LogP contribution in [-0.2, 0) is 20.2 Å². The standard InChI is InChI=1S/C15H24N2O3S/c1-5-14(18)16-10-11-17-21(19,20)13-8-6-12(7-9-13)15(2,3)4/h6-9,17H,5,10-11H2,1-4H3,(H,16,18). The van der Waals surface area contributed by atoms with Crippen LogP contribution in [0.5, 0.6) is 0 Å². The first kappa shape index (κ1) is 17.7. The summed E-state index contributed by atoms with van der Waals surface area (Å²) in [6.07, 6.45) is 0.390. The molecule has 0 radical (unpaired) electrons. The fourth-order valence-electron chi connectivity index (χ4n) is 1.73. The molecule has 0 saturated heterocycles. The van der Waals surface area contributed by atoms with Crippen LogP contribution in [-0.4, -0.2) is 27.4 Å². The highest BCUT2D eigenvalue weighted by Gasteiger charge is 2.17. The summed E-state index contributed by atoms with van der Waals surface area (Å²) in [5.74, 6) is -0.0938. The number of sulfonamides is 1. The molecule has 0 bridgehead atoms. The van der Waals surface area contributed by atoms with Gasteiger partial charge in [0.1, 0.15) is 0 Å². The van der Waals surface area contributed by atoms with Crippen molar-refractivity contribution < 1.29 is 13.2 Å². The molecule has 0 unspecified atom stereocenters. The van der Waals surface area contributed by atoms with Gasteiger partial charge in [-0.2, -0.15) is 0 Å². The van der Waals surface area contributed by atoms with Gasteiger partial charge in [-0.15, -0.1) is 0 Å². The van der Waals surface area contributed by atoms with E-state index in [4.69, 9.17) is 0 Å². The summed E-state index contributed by atoms with van der Waals surface area (Å²) in [6.45, 7) is 8.43. The number of amides is 1. The van der Waals surface area contributed by atoms with Gasteiger partial charge < -0.3 is 5.32 Å². The van der Waals surface area contributed by atoms with Crippen molar-refractivity contribution in [2.24, 2.45) is 0 Å². The van der Waals surface area contributed by atoms with Crippen LogP contribution in [0.4, 0.5) is 0 Å². The number of nitrogens with one attached hydrogen (secondary N) is 2. The highest BCUT2D eigenvalue weighted by molar-refractivity contribution is 7.89. The van der Waals surface area contributed by atoms with E-state index in [1.54, 1.807) is 19.1 Å². The zero-order valence-corrected chi connectivity index (χ0v) is 13.9. The molecule has 0 aliphatic heterocycles. The molecule has 1 amide bonds. The summed E-state index contributed by atoms with van der Waals surface area (Å²) in [4.78, 5) is 11.3. The van der Waals surface area contributed by atoms with Crippen molar-refractivity contribution in [1.82, 2.24) is 10.0 Å². The van der Waals surface area contributed by atoms with Gasteiger partial charge >= 0.3 is 0 Å². The van der Waals surface area contributed by atoms with Crippen LogP contribution in [0.15, 0.2) is 29.2 Å². The zero-order valence-electron chi connectivity index (χ0n) is 13.1. The molecule has 0 aliphatic rings. The molecule has 2 N–H and O–H groups in total. The minimum Gasteiger partial charge on any atom is -0.355 e. The van der Waals surface area contributed by atoms with E-state index in [0.29, 0.717) is 6.42 Å². The fourth-order valence-corrected chi connectivity index (χ4v) is 2.76. The van der Waals surface area contributed by atoms with Gasteiger partial charge in [0, 0.05) is 19.5 Å². The Morgan fingerprint density at radius 2 is 1.67 bits per heavy atom. The molecule has 0 saturated carbocycles. The Kier molecular flexibility index (Phi) is 5.92. The summed E-state index contributed by atoms with van der Waals surface area (Å²) >= 11 is 0. The third kappa shape index (κ3) is 5.47. The van der Waals surface area contributed by atoms with Crippen LogP contribution in [0.2, 0.25) is 0 Å². The Balaban J connectivity index is 2.64. The number of hydrogen-bond acceptors (Lipinski definition) is 3. The van der Waals surface area contributed by atoms with E-state index in [2.05, 4.69) is 30.8 Å². The van der Waals surface area contributed by atoms with E-state index in [0.717, 1.165) is 5.56 Å². The summed E-state index contributed by atoms with van der Waals surface area (Å²) in [7, 11) is -3.53. The van der Waals surface area contributed by atoms with Crippen LogP contribution >= 0.6 is 0 Å². The number of carbonyl (C=O) groups excluding carboxylic acids is 1. The van der Waals surface area contributed by atoms with Crippen LogP contribution in [0.1, 0.15) is 39.7 Å². The molecule has 1 aromatic rings. The maximum Gasteiger partial charge on any atom is 0.240 e. The highest BCUT2D eigenvalue weighted by Crippen LogP contribution is 2.23. The van der Waals surface area contributed by atoms with Crippen molar-refractivity contribution in [3.63, 3.8) is 0 Å². The Morgan fingerprint density at radius 1 is 1.10 bits per heavy atom. The van der Waals surface area contributed by atoms with Crippen molar-refractivity contribution >= 4 is 15.9 Å². The lowest BCUT2D eigenvalue weighted by Gasteiger charge is -2.19. The molecule has 5 nitrogen and oxygen atoms in total. The topological polar surface area (TPSA) is 75.3 Å². The first-order valence-electron chi connectivity index (χ1n) is 7.03. The van der Waals surface area contributed by atoms with E-state index in [1.807, 2.05) is 12.1 Å². The molecule has 1 rings (SSSR count). The lowest BCUT2D eigenvalue weighted by atomic mass is 9.87. The molecular formula is C15H24N2O3S. The molecule has 0 heterocycles. The monoisotopic (exact) mass is 312 g/mol. The predicted octanol–water partition coefficient (Wildman–Crippen LogP) is 1.79. The maximum atomic E-state index is 12.1. The average Bonchev–Trinajstić information content (AvgIpc) is 2.42. The average molecular weight is 312 g/mol. The highest BCUT2D eigenvalue weighted by atomic mass is 32.2. The minimum absolute atomic E-state index is 0.0137. The Morgan fingerprint density at radius 3 is 2.14 bits per heavy atom. The smallest absolute Gasteiger partial charge is 0.240 e. The van der Waals surface area contributed by atoms with Gasteiger partial charge in [0.25, 0.3) is 0 Å². The van der Waals surface area contributed by atoms with Crippen molar-refractivity contribution in [3.8, 4) is 0 Å². The third-order valence-electron chi connectivity index (χ3n) is 3.09. The summed E-state index contributed by atoms with van der Waals surface area (Å²) in [5, 5.41) is 2.62. The molecule has 0 aromatic heterocycles. The fraction of sp³-hybridized carbons (Fsp3) is 0.533. The van der Waals surface area contributed by atoms with Gasteiger partial charge in [0.15, 0.2) is 0 Å². The van der Waals surface area contributed by atoms with Crippen LogP contribution in [0, 0.1) is 0 Å². The largest absolute Gasteiger partial charge is 0.355 e. The molecule has 21 heavy (non-hydrogen) atoms. The van der Waals surface area contributed by atoms with Crippen molar-refractivity contribution in [2.75, 3.05) is 13.1 Å². The first-order chi connectivity index (χ1) is 9.66. The SMILES string of the molecule is CCC(=O)NCCNS(=O)(=O)c1ccc(C(C)(C)C)cc1. The summed E-state index contributed by atoms with van der Waals surface area (Å²) in [5.41, 5.74) is 1.07. The molecule has 118 valence electrons.